The minimum Gasteiger partial charge on any atom is -0.496 e. The summed E-state index contributed by atoms with van der Waals surface area (Å²) in [4.78, 5) is 14.6. The minimum atomic E-state index is -0.248. The van der Waals surface area contributed by atoms with Crippen LogP contribution in [0.25, 0.3) is 0 Å². The summed E-state index contributed by atoms with van der Waals surface area (Å²) >= 11 is 3.37. The predicted molar refractivity (Wildman–Crippen MR) is 128 cm³/mol. The van der Waals surface area contributed by atoms with Crippen LogP contribution in [0.4, 0.5) is 5.69 Å². The van der Waals surface area contributed by atoms with Crippen LogP contribution in [-0.4, -0.2) is 25.8 Å². The van der Waals surface area contributed by atoms with Crippen LogP contribution in [0.3, 0.4) is 0 Å². The van der Waals surface area contributed by atoms with E-state index in [1.807, 2.05) is 24.3 Å². The van der Waals surface area contributed by atoms with E-state index in [1.165, 1.54) is 11.3 Å². The molecule has 1 heterocycles. The number of aryl methyl sites for hydroxylation is 1. The fraction of sp³-hybridized carbons (Fsp3) is 0.200. The number of hydrazone groups is 1. The second-order valence-electron chi connectivity index (χ2n) is 7.43. The molecule has 5 nitrogen and oxygen atoms in total. The largest absolute Gasteiger partial charge is 0.496 e. The summed E-state index contributed by atoms with van der Waals surface area (Å²) in [6.45, 7) is 1.77. The lowest BCUT2D eigenvalue weighted by Crippen LogP contribution is -2.29. The van der Waals surface area contributed by atoms with E-state index < -0.39 is 0 Å². The quantitative estimate of drug-likeness (QED) is 0.393. The molecule has 0 spiro atoms. The average molecular weight is 478 g/mol. The molecule has 0 aromatic heterocycles. The zero-order valence-electron chi connectivity index (χ0n) is 17.3. The standard InChI is InChI=1S/C25H24BrN3O2/c1-31-24-13-8-18(16-27-28-25(30)20-9-11-22(26)12-10-20)15-21(24)17-29-14-4-6-19-5-2-3-7-23(19)29/h2-3,5,7-13,15-16H,4,6,14,17H2,1H3,(H,28,30)/b27-16-. The van der Waals surface area contributed by atoms with Crippen LogP contribution in [-0.2, 0) is 13.0 Å². The molecule has 158 valence electrons. The van der Waals surface area contributed by atoms with Gasteiger partial charge in [-0.3, -0.25) is 4.79 Å². The third kappa shape index (κ3) is 5.14. The summed E-state index contributed by atoms with van der Waals surface area (Å²) < 4.78 is 6.52. The molecule has 0 saturated heterocycles. The molecule has 6 heteroatoms. The van der Waals surface area contributed by atoms with Gasteiger partial charge in [0.25, 0.3) is 5.91 Å². The van der Waals surface area contributed by atoms with Crippen molar-refractivity contribution in [1.29, 1.82) is 0 Å². The van der Waals surface area contributed by atoms with Crippen LogP contribution in [0, 0.1) is 0 Å². The van der Waals surface area contributed by atoms with E-state index in [9.17, 15) is 4.79 Å². The molecule has 3 aromatic carbocycles. The summed E-state index contributed by atoms with van der Waals surface area (Å²) in [7, 11) is 1.69. The minimum absolute atomic E-state index is 0.248. The van der Waals surface area contributed by atoms with Gasteiger partial charge in [0.05, 0.1) is 13.3 Å². The van der Waals surface area contributed by atoms with Crippen LogP contribution in [0.15, 0.2) is 76.3 Å². The molecule has 0 saturated carbocycles. The van der Waals surface area contributed by atoms with Crippen molar-refractivity contribution in [1.82, 2.24) is 5.43 Å². The van der Waals surface area contributed by atoms with Gasteiger partial charge < -0.3 is 9.64 Å². The first-order valence-corrected chi connectivity index (χ1v) is 11.0. The Labute approximate surface area is 190 Å². The number of methoxy groups -OCH3 is 1. The number of anilines is 1. The smallest absolute Gasteiger partial charge is 0.271 e. The van der Waals surface area contributed by atoms with E-state index in [4.69, 9.17) is 4.74 Å². The summed E-state index contributed by atoms with van der Waals surface area (Å²) in [5.41, 5.74) is 7.80. The maximum absolute atomic E-state index is 12.2. The topological polar surface area (TPSA) is 53.9 Å². The Morgan fingerprint density at radius 1 is 1.16 bits per heavy atom. The third-order valence-corrected chi connectivity index (χ3v) is 5.89. The number of para-hydroxylation sites is 1. The molecule has 3 aromatic rings. The van der Waals surface area contributed by atoms with Crippen molar-refractivity contribution in [3.05, 3.63) is 93.5 Å². The number of nitrogens with one attached hydrogen (secondary N) is 1. The Balaban J connectivity index is 1.48. The average Bonchev–Trinajstić information content (AvgIpc) is 2.80. The molecular weight excluding hydrogens is 454 g/mol. The van der Waals surface area contributed by atoms with Gasteiger partial charge >= 0.3 is 0 Å². The molecule has 1 aliphatic rings. The monoisotopic (exact) mass is 477 g/mol. The Morgan fingerprint density at radius 2 is 1.97 bits per heavy atom. The number of hydrogen-bond donors (Lipinski definition) is 1. The number of carbonyl (C=O) groups is 1. The summed E-state index contributed by atoms with van der Waals surface area (Å²) in [5, 5.41) is 4.13. The van der Waals surface area contributed by atoms with Gasteiger partial charge in [0.2, 0.25) is 0 Å². The van der Waals surface area contributed by atoms with E-state index in [2.05, 4.69) is 61.7 Å². The Kier molecular flexibility index (Phi) is 6.67. The fourth-order valence-corrected chi connectivity index (χ4v) is 4.08. The predicted octanol–water partition coefficient (Wildman–Crippen LogP) is 5.17. The van der Waals surface area contributed by atoms with Crippen LogP contribution in [0.2, 0.25) is 0 Å². The molecule has 0 radical (unpaired) electrons. The van der Waals surface area contributed by atoms with Crippen molar-refractivity contribution in [2.75, 3.05) is 18.6 Å². The molecule has 31 heavy (non-hydrogen) atoms. The normalized spacial score (nSPS) is 13.2. The van der Waals surface area contributed by atoms with Gasteiger partial charge in [-0.25, -0.2) is 5.43 Å². The number of carbonyl (C=O) groups excluding carboxylic acids is 1. The molecule has 4 rings (SSSR count). The van der Waals surface area contributed by atoms with Crippen LogP contribution in [0.5, 0.6) is 5.75 Å². The first-order chi connectivity index (χ1) is 15.1. The summed E-state index contributed by atoms with van der Waals surface area (Å²) in [5.74, 6) is 0.599. The van der Waals surface area contributed by atoms with Gasteiger partial charge in [-0.2, -0.15) is 5.10 Å². The Bertz CT molecular complexity index is 1100. The van der Waals surface area contributed by atoms with E-state index in [0.717, 1.165) is 47.3 Å². The van der Waals surface area contributed by atoms with E-state index in [1.54, 1.807) is 25.5 Å². The molecule has 0 atom stereocenters. The third-order valence-electron chi connectivity index (χ3n) is 5.36. The molecule has 0 fully saturated rings. The highest BCUT2D eigenvalue weighted by atomic mass is 79.9. The van der Waals surface area contributed by atoms with Crippen molar-refractivity contribution < 1.29 is 9.53 Å². The Hall–Kier alpha value is -3.12. The Morgan fingerprint density at radius 3 is 2.77 bits per heavy atom. The highest BCUT2D eigenvalue weighted by Gasteiger charge is 2.18. The first kappa shape index (κ1) is 21.1. The van der Waals surface area contributed by atoms with Crippen LogP contribution in [0.1, 0.15) is 33.5 Å². The number of nitrogens with zero attached hydrogens (tertiary/aromatic N) is 2. The van der Waals surface area contributed by atoms with Gasteiger partial charge in [0.15, 0.2) is 0 Å². The maximum atomic E-state index is 12.2. The molecule has 1 amide bonds. The number of ether oxygens (including phenoxy) is 1. The molecule has 0 unspecified atom stereocenters. The summed E-state index contributed by atoms with van der Waals surface area (Å²) in [6, 6.07) is 21.7. The van der Waals surface area contributed by atoms with Gasteiger partial charge in [0.1, 0.15) is 5.75 Å². The lowest BCUT2D eigenvalue weighted by Gasteiger charge is -2.31. The van der Waals surface area contributed by atoms with Crippen molar-refractivity contribution >= 4 is 33.7 Å². The number of rotatable bonds is 6. The zero-order valence-corrected chi connectivity index (χ0v) is 18.9. The van der Waals surface area contributed by atoms with Gasteiger partial charge in [0, 0.05) is 34.4 Å². The van der Waals surface area contributed by atoms with Gasteiger partial charge in [-0.05, 0) is 72.5 Å². The number of halogens is 1. The fourth-order valence-electron chi connectivity index (χ4n) is 3.82. The van der Waals surface area contributed by atoms with E-state index in [-0.39, 0.29) is 5.91 Å². The molecule has 0 bridgehead atoms. The number of amides is 1. The highest BCUT2D eigenvalue weighted by Crippen LogP contribution is 2.30. The van der Waals surface area contributed by atoms with Crippen molar-refractivity contribution in [3.8, 4) is 5.75 Å². The number of hydrogen-bond acceptors (Lipinski definition) is 4. The van der Waals surface area contributed by atoms with Crippen molar-refractivity contribution in [2.24, 2.45) is 5.10 Å². The van der Waals surface area contributed by atoms with Crippen LogP contribution >= 0.6 is 15.9 Å². The number of fused-ring (bicyclic) bond motifs is 1. The zero-order chi connectivity index (χ0) is 21.6. The molecule has 0 aliphatic carbocycles. The molecule has 1 N–H and O–H groups in total. The lowest BCUT2D eigenvalue weighted by atomic mass is 10.0. The second kappa shape index (κ2) is 9.79. The van der Waals surface area contributed by atoms with E-state index in [0.29, 0.717) is 5.56 Å². The summed E-state index contributed by atoms with van der Waals surface area (Å²) in [6.07, 6.45) is 3.92. The maximum Gasteiger partial charge on any atom is 0.271 e. The lowest BCUT2D eigenvalue weighted by molar-refractivity contribution is 0.0955. The number of benzene rings is 3. The van der Waals surface area contributed by atoms with Crippen molar-refractivity contribution in [2.45, 2.75) is 19.4 Å². The SMILES string of the molecule is COc1ccc(/C=N\NC(=O)c2ccc(Br)cc2)cc1CN1CCCc2ccccc21. The molecular formula is C25H24BrN3O2. The highest BCUT2D eigenvalue weighted by molar-refractivity contribution is 9.10. The van der Waals surface area contributed by atoms with Crippen molar-refractivity contribution in [3.63, 3.8) is 0 Å². The first-order valence-electron chi connectivity index (χ1n) is 10.2. The van der Waals surface area contributed by atoms with Gasteiger partial charge in [-0.1, -0.05) is 34.1 Å². The van der Waals surface area contributed by atoms with Crippen LogP contribution < -0.4 is 15.1 Å². The molecule has 1 aliphatic heterocycles. The van der Waals surface area contributed by atoms with Gasteiger partial charge in [-0.15, -0.1) is 0 Å². The van der Waals surface area contributed by atoms with E-state index >= 15 is 0 Å². The second-order valence-corrected chi connectivity index (χ2v) is 8.35.